The van der Waals surface area contributed by atoms with Crippen molar-refractivity contribution in [3.63, 3.8) is 0 Å². The summed E-state index contributed by atoms with van der Waals surface area (Å²) in [6.07, 6.45) is 0.979. The highest BCUT2D eigenvalue weighted by Gasteiger charge is 2.34. The number of anilines is 1. The fraction of sp³-hybridized carbons (Fsp3) is 0.357. The molecule has 6 nitrogen and oxygen atoms in total. The lowest BCUT2D eigenvalue weighted by atomic mass is 9.93. The summed E-state index contributed by atoms with van der Waals surface area (Å²) >= 11 is 1.81. The predicted molar refractivity (Wildman–Crippen MR) is 141 cm³/mol. The first-order chi connectivity index (χ1) is 17.0. The minimum Gasteiger partial charge on any atom is -0.338 e. The summed E-state index contributed by atoms with van der Waals surface area (Å²) in [6.45, 7) is 6.92. The molecule has 2 atom stereocenters. The van der Waals surface area contributed by atoms with Gasteiger partial charge >= 0.3 is 6.03 Å². The molecule has 182 valence electrons. The van der Waals surface area contributed by atoms with Crippen LogP contribution in [-0.4, -0.2) is 65.4 Å². The number of hydrogen-bond acceptors (Lipinski definition) is 4. The van der Waals surface area contributed by atoms with Gasteiger partial charge in [-0.1, -0.05) is 48.0 Å². The lowest BCUT2D eigenvalue weighted by molar-refractivity contribution is -0.135. The topological polar surface area (TPSA) is 55.9 Å². The van der Waals surface area contributed by atoms with Crippen molar-refractivity contribution < 1.29 is 9.59 Å². The Morgan fingerprint density at radius 3 is 2.51 bits per heavy atom. The van der Waals surface area contributed by atoms with Crippen LogP contribution in [0.5, 0.6) is 0 Å². The quantitative estimate of drug-likeness (QED) is 0.576. The molecule has 1 fully saturated rings. The van der Waals surface area contributed by atoms with Crippen LogP contribution in [0.15, 0.2) is 66.0 Å². The van der Waals surface area contributed by atoms with Crippen LogP contribution in [0.1, 0.15) is 34.5 Å². The maximum atomic E-state index is 13.4. The number of carbonyl (C=O) groups is 2. The second-order valence-corrected chi connectivity index (χ2v) is 10.5. The molecule has 0 unspecified atom stereocenters. The second kappa shape index (κ2) is 10.2. The third-order valence-electron chi connectivity index (χ3n) is 7.06. The van der Waals surface area contributed by atoms with Crippen molar-refractivity contribution in [1.82, 2.24) is 14.7 Å². The van der Waals surface area contributed by atoms with Crippen LogP contribution in [-0.2, 0) is 11.2 Å². The molecule has 1 N–H and O–H groups in total. The summed E-state index contributed by atoms with van der Waals surface area (Å²) in [5.74, 6) is 0.134. The maximum absolute atomic E-state index is 13.4. The Kier molecular flexibility index (Phi) is 6.88. The average molecular weight is 489 g/mol. The van der Waals surface area contributed by atoms with Crippen molar-refractivity contribution in [2.75, 3.05) is 38.0 Å². The smallest absolute Gasteiger partial charge is 0.322 e. The Balaban J connectivity index is 1.23. The van der Waals surface area contributed by atoms with Crippen molar-refractivity contribution in [2.45, 2.75) is 32.4 Å². The summed E-state index contributed by atoms with van der Waals surface area (Å²) < 4.78 is 0. The van der Waals surface area contributed by atoms with Gasteiger partial charge in [-0.2, -0.15) is 0 Å². The van der Waals surface area contributed by atoms with E-state index in [4.69, 9.17) is 0 Å². The van der Waals surface area contributed by atoms with Crippen LogP contribution in [0.25, 0.3) is 0 Å². The van der Waals surface area contributed by atoms with Gasteiger partial charge in [0.05, 0.1) is 12.6 Å². The SMILES string of the molecule is Cc1ccc(NC(=O)N2CCN(C(=O)CN3CCc4sccc4[C@@H]3c3ccccc3)C[C@@H]2C)cc1. The van der Waals surface area contributed by atoms with E-state index in [0.29, 0.717) is 26.2 Å². The number of carbonyl (C=O) groups excluding carboxylic acids is 2. The summed E-state index contributed by atoms with van der Waals surface area (Å²) in [5, 5.41) is 5.15. The third kappa shape index (κ3) is 5.11. The van der Waals surface area contributed by atoms with E-state index in [9.17, 15) is 9.59 Å². The molecule has 1 saturated heterocycles. The van der Waals surface area contributed by atoms with Gasteiger partial charge in [0.2, 0.25) is 5.91 Å². The number of fused-ring (bicyclic) bond motifs is 1. The Hall–Kier alpha value is -3.16. The minimum absolute atomic E-state index is 0.0482. The largest absolute Gasteiger partial charge is 0.338 e. The Morgan fingerprint density at radius 1 is 1.00 bits per heavy atom. The zero-order valence-corrected chi connectivity index (χ0v) is 21.1. The molecule has 3 aromatic rings. The molecule has 3 amide bonds. The molecule has 7 heteroatoms. The van der Waals surface area contributed by atoms with E-state index in [1.165, 1.54) is 16.0 Å². The molecular weight excluding hydrogens is 456 g/mol. The molecular formula is C28H32N4O2S. The maximum Gasteiger partial charge on any atom is 0.322 e. The van der Waals surface area contributed by atoms with Crippen molar-refractivity contribution >= 4 is 29.0 Å². The first kappa shape index (κ1) is 23.6. The Morgan fingerprint density at radius 2 is 1.77 bits per heavy atom. The van der Waals surface area contributed by atoms with Crippen molar-refractivity contribution in [2.24, 2.45) is 0 Å². The normalized spacial score (nSPS) is 20.4. The number of piperazine rings is 1. The zero-order chi connectivity index (χ0) is 24.4. The van der Waals surface area contributed by atoms with Gasteiger partial charge < -0.3 is 15.1 Å². The molecule has 0 radical (unpaired) electrons. The van der Waals surface area contributed by atoms with Gasteiger partial charge in [-0.05, 0) is 55.0 Å². The minimum atomic E-state index is -0.112. The third-order valence-corrected chi connectivity index (χ3v) is 8.06. The van der Waals surface area contributed by atoms with Gasteiger partial charge in [-0.25, -0.2) is 4.79 Å². The molecule has 2 aliphatic heterocycles. The van der Waals surface area contributed by atoms with Crippen LogP contribution in [0.4, 0.5) is 10.5 Å². The van der Waals surface area contributed by atoms with E-state index in [1.807, 2.05) is 65.3 Å². The first-order valence-corrected chi connectivity index (χ1v) is 13.1. The first-order valence-electron chi connectivity index (χ1n) is 12.3. The highest BCUT2D eigenvalue weighted by atomic mass is 32.1. The molecule has 1 aromatic heterocycles. The highest BCUT2D eigenvalue weighted by Crippen LogP contribution is 2.37. The number of rotatable bonds is 4. The summed E-state index contributed by atoms with van der Waals surface area (Å²) in [5.41, 5.74) is 4.50. The standard InChI is InChI=1S/C28H32N4O2S/c1-20-8-10-23(11-9-20)29-28(34)32-16-15-30(18-21(32)2)26(33)19-31-14-12-25-24(13-17-35-25)27(31)22-6-4-3-5-7-22/h3-11,13,17,21,27H,12,14-16,18-19H2,1-2H3,(H,29,34)/t21-,27-/m0/s1. The number of hydrogen-bond donors (Lipinski definition) is 1. The number of amides is 3. The lowest BCUT2D eigenvalue weighted by Crippen LogP contribution is -2.58. The molecule has 35 heavy (non-hydrogen) atoms. The highest BCUT2D eigenvalue weighted by molar-refractivity contribution is 7.10. The van der Waals surface area contributed by atoms with E-state index in [2.05, 4.69) is 45.9 Å². The fourth-order valence-electron chi connectivity index (χ4n) is 5.16. The number of benzene rings is 2. The molecule has 2 aliphatic rings. The number of urea groups is 1. The molecule has 0 saturated carbocycles. The van der Waals surface area contributed by atoms with Gasteiger partial charge in [-0.3, -0.25) is 9.69 Å². The molecule has 2 aromatic carbocycles. The van der Waals surface area contributed by atoms with E-state index in [-0.39, 0.29) is 24.0 Å². The van der Waals surface area contributed by atoms with Gasteiger partial charge in [0.1, 0.15) is 0 Å². The van der Waals surface area contributed by atoms with Crippen LogP contribution in [0, 0.1) is 6.92 Å². The average Bonchev–Trinajstić information content (AvgIpc) is 3.34. The molecule has 3 heterocycles. The monoisotopic (exact) mass is 488 g/mol. The van der Waals surface area contributed by atoms with Crippen LogP contribution in [0.2, 0.25) is 0 Å². The van der Waals surface area contributed by atoms with Gasteiger partial charge in [0.15, 0.2) is 0 Å². The number of nitrogens with zero attached hydrogens (tertiary/aromatic N) is 3. The van der Waals surface area contributed by atoms with Crippen LogP contribution in [0.3, 0.4) is 0 Å². The van der Waals surface area contributed by atoms with E-state index < -0.39 is 0 Å². The summed E-state index contributed by atoms with van der Waals surface area (Å²) in [6, 6.07) is 20.4. The van der Waals surface area contributed by atoms with Crippen molar-refractivity contribution in [3.8, 4) is 0 Å². The second-order valence-electron chi connectivity index (χ2n) is 9.51. The van der Waals surface area contributed by atoms with Crippen LogP contribution >= 0.6 is 11.3 Å². The van der Waals surface area contributed by atoms with Gasteiger partial charge in [0, 0.05) is 42.8 Å². The fourth-order valence-corrected chi connectivity index (χ4v) is 6.06. The zero-order valence-electron chi connectivity index (χ0n) is 20.3. The van der Waals surface area contributed by atoms with Gasteiger partial charge in [-0.15, -0.1) is 11.3 Å². The van der Waals surface area contributed by atoms with Crippen molar-refractivity contribution in [3.05, 3.63) is 87.6 Å². The van der Waals surface area contributed by atoms with E-state index in [1.54, 1.807) is 0 Å². The van der Waals surface area contributed by atoms with Crippen molar-refractivity contribution in [1.29, 1.82) is 0 Å². The lowest BCUT2D eigenvalue weighted by Gasteiger charge is -2.41. The van der Waals surface area contributed by atoms with E-state index in [0.717, 1.165) is 24.2 Å². The summed E-state index contributed by atoms with van der Waals surface area (Å²) in [7, 11) is 0. The predicted octanol–water partition coefficient (Wildman–Crippen LogP) is 4.77. The molecule has 0 spiro atoms. The van der Waals surface area contributed by atoms with Crippen LogP contribution < -0.4 is 5.32 Å². The Labute approximate surface area is 211 Å². The number of thiophene rings is 1. The summed E-state index contributed by atoms with van der Waals surface area (Å²) in [4.78, 5) is 33.7. The molecule has 0 bridgehead atoms. The van der Waals surface area contributed by atoms with Gasteiger partial charge in [0.25, 0.3) is 0 Å². The Bertz CT molecular complexity index is 1180. The molecule has 0 aliphatic carbocycles. The number of aryl methyl sites for hydroxylation is 1. The molecule has 5 rings (SSSR count). The number of nitrogens with one attached hydrogen (secondary N) is 1. The van der Waals surface area contributed by atoms with E-state index >= 15 is 0 Å².